The van der Waals surface area contributed by atoms with Gasteiger partial charge in [0.25, 0.3) is 0 Å². The number of morpholine rings is 1. The number of hydrogen-bond donors (Lipinski definition) is 4. The molecule has 0 unspecified atom stereocenters. The minimum absolute atomic E-state index is 0.126. The van der Waals surface area contributed by atoms with Crippen LogP contribution in [0.2, 0.25) is 0 Å². The standard InChI is InChI=1S/C12H16F3N3.C12H15F3N2.C11H13F3N2O.C11H13F3N2/c1-17-2-4-18(5-3-17)11-7-9(12(13,14)15)6-10(16)8-11;13-12(14,15)9-6-10(16)8-11(7-9)17-4-2-1-3-5-17;12-11(13,14)8-5-9(15)7-10(6-8)16-1-3-17-4-2-16;12-11(13,14)8-5-9(15)7-10(6-8)16-3-1-2-4-16/h6-8H,2-5,16H2,1H3;6-8H,1-5,16H2;5-7H,1-4,15H2;5-7H,1-4,15H2. The lowest BCUT2D eigenvalue weighted by Crippen LogP contribution is -2.44. The molecule has 4 aliphatic rings. The van der Waals surface area contributed by atoms with E-state index in [-0.39, 0.29) is 22.7 Å². The largest absolute Gasteiger partial charge is 0.416 e. The van der Waals surface area contributed by atoms with Gasteiger partial charge < -0.3 is 52.2 Å². The van der Waals surface area contributed by atoms with Gasteiger partial charge >= 0.3 is 24.7 Å². The molecule has 4 heterocycles. The molecular formula is C46H57F12N9O. The lowest BCUT2D eigenvalue weighted by atomic mass is 10.1. The third-order valence-corrected chi connectivity index (χ3v) is 11.5. The summed E-state index contributed by atoms with van der Waals surface area (Å²) >= 11 is 0. The SMILES string of the molecule is CN1CCN(c2cc(N)cc(C(F)(F)F)c2)CC1.Nc1cc(N2CCCC2)cc(C(F)(F)F)c1.Nc1cc(N2CCCCC2)cc(C(F)(F)F)c1.Nc1cc(N2CCOCC2)cc(C(F)(F)F)c1. The fraction of sp³-hybridized carbons (Fsp3) is 0.478. The van der Waals surface area contributed by atoms with Gasteiger partial charge in [-0.05, 0) is 112 Å². The van der Waals surface area contributed by atoms with Crippen molar-refractivity contribution in [3.05, 3.63) is 95.1 Å². The van der Waals surface area contributed by atoms with Crippen molar-refractivity contribution in [3.63, 3.8) is 0 Å². The molecule has 4 aromatic carbocycles. The maximum absolute atomic E-state index is 12.7. The zero-order chi connectivity index (χ0) is 50.0. The van der Waals surface area contributed by atoms with E-state index >= 15 is 0 Å². The molecule has 4 aromatic rings. The number of rotatable bonds is 4. The number of nitrogen functional groups attached to an aromatic ring is 4. The first-order valence-corrected chi connectivity index (χ1v) is 21.9. The quantitative estimate of drug-likeness (QED) is 0.116. The molecule has 0 bridgehead atoms. The summed E-state index contributed by atoms with van der Waals surface area (Å²) in [5, 5.41) is 0. The van der Waals surface area contributed by atoms with E-state index < -0.39 is 47.0 Å². The second-order valence-corrected chi connectivity index (χ2v) is 16.9. The van der Waals surface area contributed by atoms with E-state index in [0.29, 0.717) is 49.1 Å². The lowest BCUT2D eigenvalue weighted by molar-refractivity contribution is -0.138. The summed E-state index contributed by atoms with van der Waals surface area (Å²) < 4.78 is 157. The lowest BCUT2D eigenvalue weighted by Gasteiger charge is -2.34. The highest BCUT2D eigenvalue weighted by Gasteiger charge is 2.35. The topological polar surface area (TPSA) is 130 Å². The van der Waals surface area contributed by atoms with Gasteiger partial charge in [-0.25, -0.2) is 0 Å². The molecule has 4 aliphatic heterocycles. The van der Waals surface area contributed by atoms with E-state index in [1.807, 2.05) is 26.6 Å². The average Bonchev–Trinajstić information content (AvgIpc) is 3.82. The minimum Gasteiger partial charge on any atom is -0.399 e. The summed E-state index contributed by atoms with van der Waals surface area (Å²) in [6.07, 6.45) is -12.1. The Morgan fingerprint density at radius 3 is 0.868 bits per heavy atom. The maximum Gasteiger partial charge on any atom is 0.416 e. The van der Waals surface area contributed by atoms with E-state index in [2.05, 4.69) is 4.90 Å². The Morgan fingerprint density at radius 1 is 0.338 bits per heavy atom. The van der Waals surface area contributed by atoms with E-state index in [1.54, 1.807) is 24.3 Å². The number of likely N-dealkylation sites (N-methyl/N-ethyl adjacent to an activating group) is 1. The molecule has 0 radical (unpaired) electrons. The predicted octanol–water partition coefficient (Wildman–Crippen LogP) is 10.3. The van der Waals surface area contributed by atoms with E-state index in [1.165, 1.54) is 18.2 Å². The molecule has 0 aromatic heterocycles. The van der Waals surface area contributed by atoms with Crippen LogP contribution in [0.5, 0.6) is 0 Å². The number of benzene rings is 4. The first-order valence-electron chi connectivity index (χ1n) is 21.9. The molecule has 4 fully saturated rings. The third kappa shape index (κ3) is 16.0. The van der Waals surface area contributed by atoms with Crippen molar-refractivity contribution in [1.82, 2.24) is 4.90 Å². The molecule has 0 aliphatic carbocycles. The van der Waals surface area contributed by atoms with Crippen LogP contribution in [0.4, 0.5) is 98.2 Å². The molecule has 0 saturated carbocycles. The van der Waals surface area contributed by atoms with Crippen LogP contribution in [0.1, 0.15) is 54.4 Å². The van der Waals surface area contributed by atoms with E-state index in [4.69, 9.17) is 27.7 Å². The highest BCUT2D eigenvalue weighted by molar-refractivity contribution is 5.62. The fourth-order valence-electron chi connectivity index (χ4n) is 7.94. The number of ether oxygens (including phenoxy) is 1. The predicted molar refractivity (Wildman–Crippen MR) is 244 cm³/mol. The monoisotopic (exact) mass is 979 g/mol. The molecule has 0 amide bonds. The summed E-state index contributed by atoms with van der Waals surface area (Å²) in [6.45, 7) is 8.57. The van der Waals surface area contributed by atoms with Crippen molar-refractivity contribution in [3.8, 4) is 0 Å². The zero-order valence-electron chi connectivity index (χ0n) is 37.4. The molecule has 8 N–H and O–H groups in total. The first kappa shape index (κ1) is 53.3. The Labute approximate surface area is 387 Å². The number of nitrogens with two attached hydrogens (primary N) is 4. The van der Waals surface area contributed by atoms with E-state index in [0.717, 1.165) is 115 Å². The Hall–Kier alpha value is -5.64. The summed E-state index contributed by atoms with van der Waals surface area (Å²) in [6, 6.07) is 14.9. The van der Waals surface area contributed by atoms with Crippen LogP contribution in [-0.4, -0.2) is 90.6 Å². The minimum atomic E-state index is -4.36. The Bertz CT molecular complexity index is 2150. The Kier molecular flexibility index (Phi) is 17.8. The molecular weight excluding hydrogens is 923 g/mol. The van der Waals surface area contributed by atoms with Gasteiger partial charge in [0.05, 0.1) is 35.5 Å². The number of alkyl halides is 12. The number of halogens is 12. The van der Waals surface area contributed by atoms with Gasteiger partial charge in [-0.3, -0.25) is 0 Å². The van der Waals surface area contributed by atoms with Gasteiger partial charge in [0, 0.05) is 111 Å². The van der Waals surface area contributed by atoms with Crippen molar-refractivity contribution in [1.29, 1.82) is 0 Å². The second kappa shape index (κ2) is 22.6. The van der Waals surface area contributed by atoms with Crippen LogP contribution < -0.4 is 42.5 Å². The van der Waals surface area contributed by atoms with Gasteiger partial charge in [0.15, 0.2) is 0 Å². The van der Waals surface area contributed by atoms with E-state index in [9.17, 15) is 52.7 Å². The molecule has 8 rings (SSSR count). The fourth-order valence-corrected chi connectivity index (χ4v) is 7.94. The smallest absolute Gasteiger partial charge is 0.399 e. The highest BCUT2D eigenvalue weighted by Crippen LogP contribution is 2.38. The summed E-state index contributed by atoms with van der Waals surface area (Å²) in [7, 11) is 2.00. The number of hydrogen-bond acceptors (Lipinski definition) is 10. The molecule has 4 saturated heterocycles. The Balaban J connectivity index is 0.000000170. The third-order valence-electron chi connectivity index (χ3n) is 11.5. The van der Waals surface area contributed by atoms with Crippen LogP contribution in [0, 0.1) is 0 Å². The number of nitrogens with zero attached hydrogens (tertiary/aromatic N) is 5. The van der Waals surface area contributed by atoms with Crippen molar-refractivity contribution in [2.45, 2.75) is 56.8 Å². The Morgan fingerprint density at radius 2 is 0.588 bits per heavy atom. The molecule has 68 heavy (non-hydrogen) atoms. The number of anilines is 8. The molecule has 376 valence electrons. The molecule has 0 spiro atoms. The van der Waals surface area contributed by atoms with Crippen molar-refractivity contribution < 1.29 is 57.4 Å². The van der Waals surface area contributed by atoms with Gasteiger partial charge in [0.2, 0.25) is 0 Å². The molecule has 22 heteroatoms. The van der Waals surface area contributed by atoms with Gasteiger partial charge in [-0.15, -0.1) is 0 Å². The van der Waals surface area contributed by atoms with Crippen LogP contribution in [0.25, 0.3) is 0 Å². The van der Waals surface area contributed by atoms with Crippen LogP contribution in [0.15, 0.2) is 72.8 Å². The maximum atomic E-state index is 12.7. The molecule has 0 atom stereocenters. The van der Waals surface area contributed by atoms with Crippen molar-refractivity contribution in [2.75, 3.05) is 128 Å². The molecule has 10 nitrogen and oxygen atoms in total. The summed E-state index contributed by atoms with van der Waals surface area (Å²) in [4.78, 5) is 9.83. The second-order valence-electron chi connectivity index (χ2n) is 16.9. The van der Waals surface area contributed by atoms with Crippen LogP contribution in [-0.2, 0) is 29.4 Å². The van der Waals surface area contributed by atoms with Gasteiger partial charge in [-0.1, -0.05) is 0 Å². The normalized spacial score (nSPS) is 17.4. The van der Waals surface area contributed by atoms with Crippen molar-refractivity contribution in [2.24, 2.45) is 0 Å². The van der Waals surface area contributed by atoms with Crippen LogP contribution in [0.3, 0.4) is 0 Å². The van der Waals surface area contributed by atoms with Crippen LogP contribution >= 0.6 is 0 Å². The highest BCUT2D eigenvalue weighted by atomic mass is 19.4. The van der Waals surface area contributed by atoms with Crippen molar-refractivity contribution >= 4 is 45.5 Å². The first-order chi connectivity index (χ1) is 31.8. The summed E-state index contributed by atoms with van der Waals surface area (Å²) in [5.41, 5.74) is 22.2. The van der Waals surface area contributed by atoms with Gasteiger partial charge in [0.1, 0.15) is 0 Å². The van der Waals surface area contributed by atoms with Gasteiger partial charge in [-0.2, -0.15) is 52.7 Å². The number of piperidine rings is 1. The average molecular weight is 980 g/mol. The summed E-state index contributed by atoms with van der Waals surface area (Å²) in [5.74, 6) is 0. The number of piperazine rings is 1. The zero-order valence-corrected chi connectivity index (χ0v) is 37.4.